The van der Waals surface area contributed by atoms with Crippen LogP contribution in [-0.2, 0) is 22.7 Å². The van der Waals surface area contributed by atoms with Crippen molar-refractivity contribution in [3.63, 3.8) is 0 Å². The van der Waals surface area contributed by atoms with Gasteiger partial charge in [-0.05, 0) is 31.2 Å². The zero-order valence-electron chi connectivity index (χ0n) is 19.1. The van der Waals surface area contributed by atoms with Gasteiger partial charge in [0.05, 0.1) is 18.8 Å². The molecule has 0 saturated heterocycles. The van der Waals surface area contributed by atoms with Gasteiger partial charge in [0.1, 0.15) is 12.2 Å². The quantitative estimate of drug-likeness (QED) is 0.570. The Morgan fingerprint density at radius 3 is 2.48 bits per heavy atom. The Balaban J connectivity index is 1.36. The van der Waals surface area contributed by atoms with Crippen LogP contribution in [0.1, 0.15) is 73.8 Å². The first-order valence-corrected chi connectivity index (χ1v) is 12.1. The van der Waals surface area contributed by atoms with Gasteiger partial charge in [0.25, 0.3) is 11.5 Å². The number of aromatic nitrogens is 2. The minimum Gasteiger partial charge on any atom is -0.371 e. The molecule has 33 heavy (non-hydrogen) atoms. The third-order valence-corrected chi connectivity index (χ3v) is 6.63. The van der Waals surface area contributed by atoms with Gasteiger partial charge in [-0.3, -0.25) is 24.2 Å². The van der Waals surface area contributed by atoms with E-state index in [0.717, 1.165) is 56.9 Å². The predicted molar refractivity (Wildman–Crippen MR) is 125 cm³/mol. The molecule has 2 aliphatic carbocycles. The molecular formula is C25H34N4O4. The van der Waals surface area contributed by atoms with Gasteiger partial charge in [-0.1, -0.05) is 62.4 Å². The summed E-state index contributed by atoms with van der Waals surface area (Å²) in [6.07, 6.45) is 9.09. The van der Waals surface area contributed by atoms with Crippen LogP contribution in [0.5, 0.6) is 0 Å². The Hall–Kier alpha value is -2.87. The first kappa shape index (κ1) is 23.3. The number of benzene rings is 1. The number of nitrogens with one attached hydrogen (secondary N) is 3. The maximum Gasteiger partial charge on any atom is 0.269 e. The fraction of sp³-hybridized carbons (Fsp3) is 0.560. The Kier molecular flexibility index (Phi) is 7.99. The molecule has 178 valence electrons. The monoisotopic (exact) mass is 454 g/mol. The fourth-order valence-corrected chi connectivity index (χ4v) is 4.89. The lowest BCUT2D eigenvalue weighted by atomic mass is 9.92. The molecule has 0 unspecified atom stereocenters. The molecule has 0 radical (unpaired) electrons. The summed E-state index contributed by atoms with van der Waals surface area (Å²) in [6, 6.07) is 11.3. The smallest absolute Gasteiger partial charge is 0.269 e. The summed E-state index contributed by atoms with van der Waals surface area (Å²) >= 11 is 0. The van der Waals surface area contributed by atoms with Crippen LogP contribution >= 0.6 is 0 Å². The highest BCUT2D eigenvalue weighted by Crippen LogP contribution is 2.23. The minimum atomic E-state index is -0.397. The molecule has 0 bridgehead atoms. The van der Waals surface area contributed by atoms with E-state index < -0.39 is 5.56 Å². The number of nitrogens with zero attached hydrogens (tertiary/aromatic N) is 1. The lowest BCUT2D eigenvalue weighted by molar-refractivity contribution is -0.122. The maximum absolute atomic E-state index is 13.1. The molecule has 3 N–H and O–H groups in total. The standard InChI is InChI=1S/C25H34N4O4/c30-23-15-21(29(28-23)16-24(31)26-19-11-5-2-6-12-19)25(32)27-20-13-7-8-14-22(20)33-17-18-9-3-1-4-10-18/h1,3-4,9-10,15,19-20,22H,2,5-8,11-14,16-17H2,(H,26,31)(H,27,32)(H,28,30)/t20-,22-/m0/s1. The largest absolute Gasteiger partial charge is 0.371 e. The zero-order chi connectivity index (χ0) is 23.0. The van der Waals surface area contributed by atoms with Gasteiger partial charge in [-0.2, -0.15) is 0 Å². The van der Waals surface area contributed by atoms with E-state index in [1.54, 1.807) is 0 Å². The van der Waals surface area contributed by atoms with E-state index in [1.807, 2.05) is 30.3 Å². The Labute approximate surface area is 194 Å². The summed E-state index contributed by atoms with van der Waals surface area (Å²) < 4.78 is 7.49. The zero-order valence-corrected chi connectivity index (χ0v) is 19.1. The third kappa shape index (κ3) is 6.57. The second kappa shape index (κ2) is 11.3. The molecular weight excluding hydrogens is 420 g/mol. The summed E-state index contributed by atoms with van der Waals surface area (Å²) in [5.74, 6) is -0.552. The van der Waals surface area contributed by atoms with E-state index in [9.17, 15) is 14.4 Å². The second-order valence-corrected chi connectivity index (χ2v) is 9.19. The van der Waals surface area contributed by atoms with Gasteiger partial charge >= 0.3 is 0 Å². The van der Waals surface area contributed by atoms with Crippen molar-refractivity contribution in [1.82, 2.24) is 20.4 Å². The highest BCUT2D eigenvalue weighted by molar-refractivity contribution is 5.93. The van der Waals surface area contributed by atoms with Crippen molar-refractivity contribution < 1.29 is 14.3 Å². The Morgan fingerprint density at radius 1 is 0.970 bits per heavy atom. The first-order valence-electron chi connectivity index (χ1n) is 12.1. The lowest BCUT2D eigenvalue weighted by Crippen LogP contribution is -2.47. The van der Waals surface area contributed by atoms with Crippen LogP contribution in [0.15, 0.2) is 41.2 Å². The van der Waals surface area contributed by atoms with Gasteiger partial charge in [-0.25, -0.2) is 0 Å². The molecule has 1 aromatic carbocycles. The molecule has 2 aromatic rings. The number of hydrogen-bond acceptors (Lipinski definition) is 4. The normalized spacial score (nSPS) is 21.5. The Bertz CT molecular complexity index is 978. The van der Waals surface area contributed by atoms with Crippen LogP contribution in [-0.4, -0.2) is 39.8 Å². The number of carbonyl (C=O) groups excluding carboxylic acids is 2. The molecule has 2 saturated carbocycles. The number of rotatable bonds is 8. The summed E-state index contributed by atoms with van der Waals surface area (Å²) in [5, 5.41) is 8.68. The van der Waals surface area contributed by atoms with Crippen molar-refractivity contribution >= 4 is 11.8 Å². The molecule has 1 aromatic heterocycles. The van der Waals surface area contributed by atoms with Crippen LogP contribution in [0.2, 0.25) is 0 Å². The van der Waals surface area contributed by atoms with Gasteiger partial charge in [-0.15, -0.1) is 0 Å². The van der Waals surface area contributed by atoms with E-state index in [4.69, 9.17) is 4.74 Å². The van der Waals surface area contributed by atoms with Crippen LogP contribution in [0.4, 0.5) is 0 Å². The van der Waals surface area contributed by atoms with E-state index in [-0.39, 0.29) is 42.2 Å². The Morgan fingerprint density at radius 2 is 1.70 bits per heavy atom. The van der Waals surface area contributed by atoms with Gasteiger partial charge in [0, 0.05) is 12.1 Å². The summed E-state index contributed by atoms with van der Waals surface area (Å²) in [5.41, 5.74) is 0.869. The van der Waals surface area contributed by atoms with Gasteiger partial charge in [0.2, 0.25) is 5.91 Å². The third-order valence-electron chi connectivity index (χ3n) is 6.63. The second-order valence-electron chi connectivity index (χ2n) is 9.19. The summed E-state index contributed by atoms with van der Waals surface area (Å²) in [6.45, 7) is 0.411. The van der Waals surface area contributed by atoms with Crippen molar-refractivity contribution in [3.05, 3.63) is 58.0 Å². The van der Waals surface area contributed by atoms with E-state index in [1.165, 1.54) is 17.2 Å². The highest BCUT2D eigenvalue weighted by atomic mass is 16.5. The molecule has 2 fully saturated rings. The van der Waals surface area contributed by atoms with Crippen LogP contribution < -0.4 is 16.2 Å². The van der Waals surface area contributed by atoms with Crippen molar-refractivity contribution in [1.29, 1.82) is 0 Å². The molecule has 1 heterocycles. The number of ether oxygens (including phenoxy) is 1. The van der Waals surface area contributed by atoms with Crippen molar-refractivity contribution in [2.24, 2.45) is 0 Å². The fourth-order valence-electron chi connectivity index (χ4n) is 4.89. The summed E-state index contributed by atoms with van der Waals surface area (Å²) in [7, 11) is 0. The van der Waals surface area contributed by atoms with Gasteiger partial charge < -0.3 is 15.4 Å². The van der Waals surface area contributed by atoms with Gasteiger partial charge in [0.15, 0.2) is 0 Å². The topological polar surface area (TPSA) is 105 Å². The average Bonchev–Trinajstić information content (AvgIpc) is 3.19. The van der Waals surface area contributed by atoms with Crippen LogP contribution in [0.3, 0.4) is 0 Å². The number of amides is 2. The number of carbonyl (C=O) groups is 2. The van der Waals surface area contributed by atoms with E-state index in [0.29, 0.717) is 6.61 Å². The molecule has 0 aliphatic heterocycles. The van der Waals surface area contributed by atoms with E-state index >= 15 is 0 Å². The average molecular weight is 455 g/mol. The molecule has 2 amide bonds. The molecule has 2 aliphatic rings. The molecule has 2 atom stereocenters. The molecule has 8 nitrogen and oxygen atoms in total. The molecule has 4 rings (SSSR count). The number of hydrogen-bond donors (Lipinski definition) is 3. The summed E-state index contributed by atoms with van der Waals surface area (Å²) in [4.78, 5) is 37.6. The van der Waals surface area contributed by atoms with Crippen molar-refractivity contribution in [3.8, 4) is 0 Å². The molecule has 8 heteroatoms. The maximum atomic E-state index is 13.1. The van der Waals surface area contributed by atoms with Crippen molar-refractivity contribution in [2.45, 2.75) is 89.1 Å². The highest BCUT2D eigenvalue weighted by Gasteiger charge is 2.29. The van der Waals surface area contributed by atoms with Crippen LogP contribution in [0, 0.1) is 0 Å². The van der Waals surface area contributed by atoms with Crippen LogP contribution in [0.25, 0.3) is 0 Å². The SMILES string of the molecule is O=C(Cn1[nH]c(=O)cc1C(=O)N[C@H]1CCCC[C@@H]1OCc1ccccc1)NC1CCCCC1. The lowest BCUT2D eigenvalue weighted by Gasteiger charge is -2.32. The first-order chi connectivity index (χ1) is 16.1. The van der Waals surface area contributed by atoms with E-state index in [2.05, 4.69) is 15.7 Å². The van der Waals surface area contributed by atoms with Crippen molar-refractivity contribution in [2.75, 3.05) is 0 Å². The number of H-pyrrole nitrogens is 1. The predicted octanol–water partition coefficient (Wildman–Crippen LogP) is 2.88. The molecule has 0 spiro atoms. The minimum absolute atomic E-state index is 0.0832. The number of aromatic amines is 1.